The predicted octanol–water partition coefficient (Wildman–Crippen LogP) is 1.49. The second-order valence-electron chi connectivity index (χ2n) is 4.56. The molecule has 1 aromatic carbocycles. The smallest absolute Gasteiger partial charge is 0.251 e. The van der Waals surface area contributed by atoms with Gasteiger partial charge in [0.05, 0.1) is 12.7 Å². The molecule has 1 rings (SSSR count). The number of aliphatic hydroxyl groups excluding tert-OH is 1. The molecule has 4 nitrogen and oxygen atoms in total. The Labute approximate surface area is 120 Å². The van der Waals surface area contributed by atoms with Crippen molar-refractivity contribution in [1.29, 1.82) is 0 Å². The fraction of sp³-hybridized carbons (Fsp3) is 0.438. The second-order valence-corrected chi connectivity index (χ2v) is 4.56. The summed E-state index contributed by atoms with van der Waals surface area (Å²) in [7, 11) is 1.61. The van der Waals surface area contributed by atoms with Crippen LogP contribution in [0.5, 0.6) is 0 Å². The molecule has 0 radical (unpaired) electrons. The first-order valence-electron chi connectivity index (χ1n) is 6.60. The summed E-state index contributed by atoms with van der Waals surface area (Å²) in [5, 5.41) is 11.5. The Bertz CT molecular complexity index is 514. The summed E-state index contributed by atoms with van der Waals surface area (Å²) < 4.78 is 5.10. The van der Waals surface area contributed by atoms with Crippen LogP contribution in [0.3, 0.4) is 0 Å². The Morgan fingerprint density at radius 3 is 2.90 bits per heavy atom. The molecule has 1 aromatic rings. The molecule has 20 heavy (non-hydrogen) atoms. The standard InChI is InChI=1S/C16H21NO3/c1-12-7-8-14(6-4-5-9-18)10-15(12)16(19)17-11-13(2)20-3/h7-8,10,13,18H,5,9,11H2,1-3H3,(H,17,19). The Kier molecular flexibility index (Phi) is 6.78. The van der Waals surface area contributed by atoms with Crippen molar-refractivity contribution >= 4 is 5.91 Å². The predicted molar refractivity (Wildman–Crippen MR) is 78.6 cm³/mol. The molecule has 0 aliphatic carbocycles. The quantitative estimate of drug-likeness (QED) is 0.801. The summed E-state index contributed by atoms with van der Waals surface area (Å²) in [5.41, 5.74) is 2.29. The van der Waals surface area contributed by atoms with Gasteiger partial charge in [0.25, 0.3) is 5.91 Å². The van der Waals surface area contributed by atoms with Crippen LogP contribution in [0.2, 0.25) is 0 Å². The van der Waals surface area contributed by atoms with Crippen LogP contribution in [0.15, 0.2) is 18.2 Å². The van der Waals surface area contributed by atoms with Crippen LogP contribution >= 0.6 is 0 Å². The lowest BCUT2D eigenvalue weighted by molar-refractivity contribution is 0.0870. The zero-order valence-corrected chi connectivity index (χ0v) is 12.2. The van der Waals surface area contributed by atoms with Crippen LogP contribution in [0.4, 0.5) is 0 Å². The van der Waals surface area contributed by atoms with Crippen LogP contribution in [0.1, 0.15) is 34.8 Å². The minimum absolute atomic E-state index is 0.0215. The van der Waals surface area contributed by atoms with E-state index in [1.807, 2.05) is 26.0 Å². The molecule has 0 aliphatic heterocycles. The third kappa shape index (κ3) is 5.04. The zero-order valence-electron chi connectivity index (χ0n) is 12.2. The molecule has 0 saturated heterocycles. The van der Waals surface area contributed by atoms with Crippen LogP contribution in [0.25, 0.3) is 0 Å². The first-order chi connectivity index (χ1) is 9.58. The molecule has 0 fully saturated rings. The van der Waals surface area contributed by atoms with Gasteiger partial charge in [-0.3, -0.25) is 4.79 Å². The minimum atomic E-state index is -0.128. The van der Waals surface area contributed by atoms with Crippen molar-refractivity contribution in [3.05, 3.63) is 34.9 Å². The van der Waals surface area contributed by atoms with Crippen LogP contribution in [-0.2, 0) is 4.74 Å². The number of aliphatic hydroxyl groups is 1. The van der Waals surface area contributed by atoms with Gasteiger partial charge in [-0.15, -0.1) is 0 Å². The molecule has 2 N–H and O–H groups in total. The third-order valence-electron chi connectivity index (χ3n) is 2.90. The van der Waals surface area contributed by atoms with Gasteiger partial charge < -0.3 is 15.2 Å². The maximum Gasteiger partial charge on any atom is 0.251 e. The number of rotatable bonds is 5. The highest BCUT2D eigenvalue weighted by molar-refractivity contribution is 5.96. The molecule has 0 bridgehead atoms. The number of nitrogens with one attached hydrogen (secondary N) is 1. The summed E-state index contributed by atoms with van der Waals surface area (Å²) in [5.74, 6) is 5.65. The number of carbonyl (C=O) groups excluding carboxylic acids is 1. The van der Waals surface area contributed by atoms with Gasteiger partial charge in [0, 0.05) is 31.2 Å². The molecule has 1 amide bonds. The van der Waals surface area contributed by atoms with Gasteiger partial charge in [-0.05, 0) is 31.5 Å². The third-order valence-corrected chi connectivity index (χ3v) is 2.90. The van der Waals surface area contributed by atoms with Gasteiger partial charge in [-0.2, -0.15) is 0 Å². The molecule has 0 aliphatic rings. The molecule has 0 saturated carbocycles. The van der Waals surface area contributed by atoms with E-state index in [2.05, 4.69) is 17.2 Å². The van der Waals surface area contributed by atoms with E-state index in [1.54, 1.807) is 13.2 Å². The largest absolute Gasteiger partial charge is 0.395 e. The van der Waals surface area contributed by atoms with Crippen molar-refractivity contribution in [3.63, 3.8) is 0 Å². The highest BCUT2D eigenvalue weighted by Gasteiger charge is 2.10. The Morgan fingerprint density at radius 2 is 2.25 bits per heavy atom. The van der Waals surface area contributed by atoms with Crippen molar-refractivity contribution in [2.45, 2.75) is 26.4 Å². The lowest BCUT2D eigenvalue weighted by atomic mass is 10.0. The Hall–Kier alpha value is -1.83. The van der Waals surface area contributed by atoms with Crippen LogP contribution in [-0.4, -0.2) is 37.4 Å². The summed E-state index contributed by atoms with van der Waals surface area (Å²) >= 11 is 0. The lowest BCUT2D eigenvalue weighted by Crippen LogP contribution is -2.32. The lowest BCUT2D eigenvalue weighted by Gasteiger charge is -2.12. The first-order valence-corrected chi connectivity index (χ1v) is 6.60. The molecule has 108 valence electrons. The fourth-order valence-electron chi connectivity index (χ4n) is 1.58. The maximum atomic E-state index is 12.1. The molecule has 0 heterocycles. The first kappa shape index (κ1) is 16.2. The van der Waals surface area contributed by atoms with E-state index < -0.39 is 0 Å². The van der Waals surface area contributed by atoms with E-state index in [4.69, 9.17) is 9.84 Å². The van der Waals surface area contributed by atoms with Crippen LogP contribution in [0, 0.1) is 18.8 Å². The number of hydrogen-bond donors (Lipinski definition) is 2. The molecular weight excluding hydrogens is 254 g/mol. The van der Waals surface area contributed by atoms with Crippen molar-refractivity contribution in [3.8, 4) is 11.8 Å². The number of amides is 1. The number of ether oxygens (including phenoxy) is 1. The topological polar surface area (TPSA) is 58.6 Å². The SMILES string of the molecule is COC(C)CNC(=O)c1cc(C#CCCO)ccc1C. The number of methoxy groups -OCH3 is 1. The second kappa shape index (κ2) is 8.36. The normalized spacial score (nSPS) is 11.4. The fourth-order valence-corrected chi connectivity index (χ4v) is 1.58. The average molecular weight is 275 g/mol. The van der Waals surface area contributed by atoms with Gasteiger partial charge in [-0.25, -0.2) is 0 Å². The number of carbonyl (C=O) groups is 1. The van der Waals surface area contributed by atoms with Crippen molar-refractivity contribution < 1.29 is 14.6 Å². The highest BCUT2D eigenvalue weighted by Crippen LogP contribution is 2.10. The van der Waals surface area contributed by atoms with E-state index in [9.17, 15) is 4.79 Å². The number of aryl methyl sites for hydroxylation is 1. The molecular formula is C16H21NO3. The van der Waals surface area contributed by atoms with Crippen LogP contribution < -0.4 is 5.32 Å². The van der Waals surface area contributed by atoms with E-state index in [0.29, 0.717) is 18.5 Å². The van der Waals surface area contributed by atoms with Gasteiger partial charge in [-0.1, -0.05) is 17.9 Å². The molecule has 4 heteroatoms. The van der Waals surface area contributed by atoms with Crippen molar-refractivity contribution in [2.24, 2.45) is 0 Å². The Balaban J connectivity index is 2.81. The Morgan fingerprint density at radius 1 is 1.50 bits per heavy atom. The van der Waals surface area contributed by atoms with Gasteiger partial charge >= 0.3 is 0 Å². The molecule has 1 atom stereocenters. The number of benzene rings is 1. The average Bonchev–Trinajstić information content (AvgIpc) is 2.46. The van der Waals surface area contributed by atoms with Crippen molar-refractivity contribution in [2.75, 3.05) is 20.3 Å². The highest BCUT2D eigenvalue weighted by atomic mass is 16.5. The summed E-state index contributed by atoms with van der Waals surface area (Å²) in [6.45, 7) is 4.29. The van der Waals surface area contributed by atoms with E-state index in [-0.39, 0.29) is 18.6 Å². The van der Waals surface area contributed by atoms with Crippen molar-refractivity contribution in [1.82, 2.24) is 5.32 Å². The summed E-state index contributed by atoms with van der Waals surface area (Å²) in [6.07, 6.45) is 0.410. The van der Waals surface area contributed by atoms with Gasteiger partial charge in [0.15, 0.2) is 0 Å². The molecule has 1 unspecified atom stereocenters. The monoisotopic (exact) mass is 275 g/mol. The van der Waals surface area contributed by atoms with Gasteiger partial charge in [0.2, 0.25) is 0 Å². The molecule has 0 aromatic heterocycles. The minimum Gasteiger partial charge on any atom is -0.395 e. The zero-order chi connectivity index (χ0) is 15.0. The van der Waals surface area contributed by atoms with Gasteiger partial charge in [0.1, 0.15) is 0 Å². The van der Waals surface area contributed by atoms with E-state index >= 15 is 0 Å². The molecule has 0 spiro atoms. The maximum absolute atomic E-state index is 12.1. The van der Waals surface area contributed by atoms with E-state index in [1.165, 1.54) is 0 Å². The van der Waals surface area contributed by atoms with E-state index in [0.717, 1.165) is 11.1 Å². The summed E-state index contributed by atoms with van der Waals surface area (Å²) in [4.78, 5) is 12.1. The number of hydrogen-bond acceptors (Lipinski definition) is 3. The summed E-state index contributed by atoms with van der Waals surface area (Å²) in [6, 6.07) is 5.51.